The van der Waals surface area contributed by atoms with Gasteiger partial charge in [-0.2, -0.15) is 0 Å². The molecule has 0 radical (unpaired) electrons. The molecule has 0 fully saturated rings. The maximum absolute atomic E-state index is 13.5. The Morgan fingerprint density at radius 2 is 2.31 bits per heavy atom. The number of benzene rings is 1. The molecule has 0 N–H and O–H groups in total. The van der Waals surface area contributed by atoms with Gasteiger partial charge >= 0.3 is 0 Å². The van der Waals surface area contributed by atoms with Crippen LogP contribution in [0.2, 0.25) is 0 Å². The molecule has 0 unspecified atom stereocenters. The summed E-state index contributed by atoms with van der Waals surface area (Å²) in [7, 11) is 0. The lowest BCUT2D eigenvalue weighted by molar-refractivity contribution is 0.0995. The summed E-state index contributed by atoms with van der Waals surface area (Å²) in [5.41, 5.74) is 1.99. The smallest absolute Gasteiger partial charge is 0.178 e. The summed E-state index contributed by atoms with van der Waals surface area (Å²) in [6.45, 7) is 0. The number of carbonyl (C=O) groups excluding carboxylic acids is 1. The fourth-order valence-corrected chi connectivity index (χ4v) is 2.17. The monoisotopic (exact) mass is 299 g/mol. The van der Waals surface area contributed by atoms with Crippen LogP contribution < -0.4 is 0 Å². The minimum Gasteiger partial charge on any atom is -0.293 e. The summed E-state index contributed by atoms with van der Waals surface area (Å²) >= 11 is 4.44. The summed E-state index contributed by atoms with van der Waals surface area (Å²) in [5.74, 6) is -0.476. The maximum Gasteiger partial charge on any atom is 0.178 e. The molecule has 2 nitrogen and oxygen atoms in total. The fourth-order valence-electron chi connectivity index (χ4n) is 1.28. The molecule has 0 atom stereocenters. The molecule has 0 saturated heterocycles. The fraction of sp³-hybridized carbons (Fsp3) is 0.0909. The summed E-state index contributed by atoms with van der Waals surface area (Å²) in [6, 6.07) is 4.69. The van der Waals surface area contributed by atoms with Crippen molar-refractivity contribution in [2.24, 2.45) is 0 Å². The van der Waals surface area contributed by atoms with E-state index in [1.165, 1.54) is 23.6 Å². The molecule has 0 bridgehead atoms. The Hall–Kier alpha value is -1.07. The van der Waals surface area contributed by atoms with Crippen molar-refractivity contribution < 1.29 is 9.18 Å². The largest absolute Gasteiger partial charge is 0.293 e. The third kappa shape index (κ3) is 2.54. The molecule has 1 heterocycles. The number of thiazole rings is 1. The van der Waals surface area contributed by atoms with Crippen LogP contribution in [0.3, 0.4) is 0 Å². The predicted octanol–water partition coefficient (Wildman–Crippen LogP) is 3.47. The van der Waals surface area contributed by atoms with Crippen molar-refractivity contribution in [1.29, 1.82) is 0 Å². The Labute approximate surface area is 104 Å². The van der Waals surface area contributed by atoms with Crippen LogP contribution in [0, 0.1) is 5.82 Å². The second-order valence-electron chi connectivity index (χ2n) is 3.20. The Kier molecular flexibility index (Phi) is 3.46. The van der Waals surface area contributed by atoms with Gasteiger partial charge < -0.3 is 0 Å². The van der Waals surface area contributed by atoms with Crippen LogP contribution in [0.4, 0.5) is 4.39 Å². The zero-order chi connectivity index (χ0) is 11.5. The second-order valence-corrected chi connectivity index (χ2v) is 5.00. The number of Topliss-reactive ketones (excluding diaryl/α,β-unsaturated/α-hetero) is 1. The van der Waals surface area contributed by atoms with E-state index in [4.69, 9.17) is 0 Å². The second kappa shape index (κ2) is 4.84. The van der Waals surface area contributed by atoms with Gasteiger partial charge in [0, 0.05) is 17.1 Å². The number of halogens is 2. The van der Waals surface area contributed by atoms with Crippen LogP contribution in [0.15, 0.2) is 34.4 Å². The van der Waals surface area contributed by atoms with Crippen molar-refractivity contribution in [2.45, 2.75) is 6.42 Å². The Morgan fingerprint density at radius 1 is 1.50 bits per heavy atom. The highest BCUT2D eigenvalue weighted by atomic mass is 79.9. The van der Waals surface area contributed by atoms with Gasteiger partial charge in [-0.25, -0.2) is 4.39 Å². The first-order chi connectivity index (χ1) is 7.66. The molecule has 1 aromatic heterocycles. The molecule has 0 spiro atoms. The molecule has 82 valence electrons. The quantitative estimate of drug-likeness (QED) is 0.812. The van der Waals surface area contributed by atoms with Crippen LogP contribution in [0.1, 0.15) is 15.2 Å². The van der Waals surface area contributed by atoms with E-state index in [1.54, 1.807) is 17.6 Å². The number of nitrogens with zero attached hydrogens (tertiary/aromatic N) is 1. The topological polar surface area (TPSA) is 30.0 Å². The molecule has 5 heteroatoms. The number of hydrogen-bond donors (Lipinski definition) is 0. The van der Waals surface area contributed by atoms with Crippen molar-refractivity contribution in [1.82, 2.24) is 4.98 Å². The van der Waals surface area contributed by atoms with Gasteiger partial charge in [0.25, 0.3) is 0 Å². The van der Waals surface area contributed by atoms with E-state index < -0.39 is 0 Å². The van der Waals surface area contributed by atoms with Crippen molar-refractivity contribution in [3.8, 4) is 0 Å². The number of aromatic nitrogens is 1. The zero-order valence-electron chi connectivity index (χ0n) is 8.11. The van der Waals surface area contributed by atoms with Crippen molar-refractivity contribution in [3.05, 3.63) is 50.6 Å². The van der Waals surface area contributed by atoms with E-state index >= 15 is 0 Å². The van der Waals surface area contributed by atoms with E-state index in [9.17, 15) is 9.18 Å². The van der Waals surface area contributed by atoms with Crippen molar-refractivity contribution in [3.63, 3.8) is 0 Å². The predicted molar refractivity (Wildman–Crippen MR) is 64.2 cm³/mol. The number of rotatable bonds is 3. The third-order valence-electron chi connectivity index (χ3n) is 2.07. The Bertz CT molecular complexity index is 513. The molecule has 0 amide bonds. The molecule has 1 aromatic carbocycles. The highest BCUT2D eigenvalue weighted by molar-refractivity contribution is 9.10. The minimum absolute atomic E-state index is 0.0707. The van der Waals surface area contributed by atoms with Crippen LogP contribution in [0.5, 0.6) is 0 Å². The van der Waals surface area contributed by atoms with E-state index in [-0.39, 0.29) is 18.0 Å². The molecule has 0 aliphatic heterocycles. The van der Waals surface area contributed by atoms with Gasteiger partial charge in [-0.3, -0.25) is 9.78 Å². The molecule has 0 aliphatic carbocycles. The van der Waals surface area contributed by atoms with Gasteiger partial charge in [-0.1, -0.05) is 22.0 Å². The number of ketones is 1. The lowest BCUT2D eigenvalue weighted by Gasteiger charge is -2.01. The van der Waals surface area contributed by atoms with Gasteiger partial charge in [0.05, 0.1) is 10.4 Å². The standard InChI is InChI=1S/C11H7BrFNOS/c12-8-2-1-7(9(13)4-8)3-10(15)11-5-14-6-16-11/h1-2,4-6H,3H2. The summed E-state index contributed by atoms with van der Waals surface area (Å²) < 4.78 is 14.1. The minimum atomic E-state index is -0.368. The molecule has 0 aliphatic rings. The first kappa shape index (κ1) is 11.4. The van der Waals surface area contributed by atoms with Crippen molar-refractivity contribution in [2.75, 3.05) is 0 Å². The Balaban J connectivity index is 2.18. The Morgan fingerprint density at radius 3 is 2.94 bits per heavy atom. The zero-order valence-corrected chi connectivity index (χ0v) is 10.5. The summed E-state index contributed by atoms with van der Waals surface area (Å²) in [4.78, 5) is 16.1. The first-order valence-corrected chi connectivity index (χ1v) is 6.19. The van der Waals surface area contributed by atoms with Crippen LogP contribution in [-0.4, -0.2) is 10.8 Å². The third-order valence-corrected chi connectivity index (χ3v) is 3.38. The first-order valence-electron chi connectivity index (χ1n) is 4.52. The van der Waals surface area contributed by atoms with Gasteiger partial charge in [-0.05, 0) is 17.7 Å². The van der Waals surface area contributed by atoms with E-state index in [2.05, 4.69) is 20.9 Å². The van der Waals surface area contributed by atoms with Gasteiger partial charge in [0.2, 0.25) is 0 Å². The van der Waals surface area contributed by atoms with E-state index in [0.29, 0.717) is 14.9 Å². The lowest BCUT2D eigenvalue weighted by Crippen LogP contribution is -2.03. The van der Waals surface area contributed by atoms with E-state index in [0.717, 1.165) is 0 Å². The van der Waals surface area contributed by atoms with Gasteiger partial charge in [0.1, 0.15) is 5.82 Å². The maximum atomic E-state index is 13.5. The normalized spacial score (nSPS) is 10.4. The summed E-state index contributed by atoms with van der Waals surface area (Å²) in [5, 5.41) is 0. The van der Waals surface area contributed by atoms with Crippen molar-refractivity contribution >= 4 is 33.0 Å². The van der Waals surface area contributed by atoms with Crippen LogP contribution >= 0.6 is 27.3 Å². The van der Waals surface area contributed by atoms with Gasteiger partial charge in [0.15, 0.2) is 5.78 Å². The average molecular weight is 300 g/mol. The summed E-state index contributed by atoms with van der Waals surface area (Å²) in [6.07, 6.45) is 1.57. The molecule has 2 aromatic rings. The number of hydrogen-bond acceptors (Lipinski definition) is 3. The average Bonchev–Trinajstić information content (AvgIpc) is 2.75. The lowest BCUT2D eigenvalue weighted by atomic mass is 10.1. The highest BCUT2D eigenvalue weighted by Gasteiger charge is 2.11. The highest BCUT2D eigenvalue weighted by Crippen LogP contribution is 2.18. The molecular weight excluding hydrogens is 293 g/mol. The van der Waals surface area contributed by atoms with Gasteiger partial charge in [-0.15, -0.1) is 11.3 Å². The van der Waals surface area contributed by atoms with E-state index in [1.807, 2.05) is 0 Å². The molecule has 2 rings (SSSR count). The molecule has 16 heavy (non-hydrogen) atoms. The SMILES string of the molecule is O=C(Cc1ccc(Br)cc1F)c1cncs1. The molecule has 0 saturated carbocycles. The van der Waals surface area contributed by atoms with Crippen LogP contribution in [-0.2, 0) is 6.42 Å². The van der Waals surface area contributed by atoms with Crippen LogP contribution in [0.25, 0.3) is 0 Å². The number of carbonyl (C=O) groups is 1. The molecular formula is C11H7BrFNOS.